The molecule has 0 aromatic rings. The summed E-state index contributed by atoms with van der Waals surface area (Å²) in [7, 11) is 2.06. The number of methoxy groups -OCH3 is 2. The maximum Gasteiger partial charge on any atom is 1.00 e. The fourth-order valence-electron chi connectivity index (χ4n) is 5.92. The van der Waals surface area contributed by atoms with E-state index in [4.69, 9.17) is 54.1 Å². The van der Waals surface area contributed by atoms with E-state index in [9.17, 15) is 70.2 Å². The van der Waals surface area contributed by atoms with Gasteiger partial charge in [-0.2, -0.15) is 0 Å². The van der Waals surface area contributed by atoms with Crippen LogP contribution in [0.1, 0.15) is 0 Å². The maximum absolute atomic E-state index is 12.1. The molecule has 55 heavy (non-hydrogen) atoms. The van der Waals surface area contributed by atoms with Crippen molar-refractivity contribution < 1.29 is 231 Å². The summed E-state index contributed by atoms with van der Waals surface area (Å²) in [6.45, 7) is 0. The topological polar surface area (TPSA) is 417 Å². The van der Waals surface area contributed by atoms with Crippen molar-refractivity contribution >= 4 is 23.9 Å². The Labute approximate surface area is 399 Å². The average Bonchev–Trinajstić information content (AvgIpc) is 3.07. The second-order valence-electron chi connectivity index (χ2n) is 11.8. The Kier molecular flexibility index (Phi) is 24.5. The van der Waals surface area contributed by atoms with Crippen molar-refractivity contribution in [2.24, 2.45) is 11.5 Å². The second-order valence-corrected chi connectivity index (χ2v) is 11.8. The number of carbonyl (C=O) groups excluding carboxylic acids is 4. The van der Waals surface area contributed by atoms with Gasteiger partial charge in [-0.25, -0.2) is 0 Å². The maximum atomic E-state index is 12.1. The summed E-state index contributed by atoms with van der Waals surface area (Å²) in [6, 6.07) is -3.30. The molecule has 4 aliphatic heterocycles. The Morgan fingerprint density at radius 2 is 0.709 bits per heavy atom. The van der Waals surface area contributed by atoms with Crippen molar-refractivity contribution in [1.29, 1.82) is 0 Å². The van der Waals surface area contributed by atoms with Crippen LogP contribution in [0.3, 0.4) is 0 Å². The van der Waals surface area contributed by atoms with E-state index in [1.165, 1.54) is 0 Å². The zero-order valence-corrected chi connectivity index (χ0v) is 38.3. The largest absolute Gasteiger partial charge is 1.00 e. The molecule has 20 atom stereocenters. The minimum Gasteiger partial charge on any atom is -0.547 e. The van der Waals surface area contributed by atoms with Gasteiger partial charge in [0, 0.05) is 14.2 Å². The molecule has 0 spiro atoms. The number of aliphatic hydroxyl groups is 6. The van der Waals surface area contributed by atoms with Gasteiger partial charge in [0.1, 0.15) is 85.5 Å². The molecule has 0 aliphatic carbocycles. The Morgan fingerprint density at radius 3 is 1.05 bits per heavy atom. The van der Waals surface area contributed by atoms with Crippen LogP contribution in [0.4, 0.5) is 0 Å². The number of carboxylic acid groups (broad SMARTS) is 4. The molecule has 0 aromatic carbocycles. The Bertz CT molecular complexity index is 1280. The van der Waals surface area contributed by atoms with Crippen molar-refractivity contribution in [1.82, 2.24) is 0 Å². The quantitative estimate of drug-likeness (QED) is 0.0846. The van der Waals surface area contributed by atoms with E-state index >= 15 is 0 Å². The molecule has 0 radical (unpaired) electrons. The van der Waals surface area contributed by atoms with Gasteiger partial charge < -0.3 is 124 Å². The summed E-state index contributed by atoms with van der Waals surface area (Å²) >= 11 is 0. The molecule has 29 heteroatoms. The van der Waals surface area contributed by atoms with Crippen LogP contribution >= 0.6 is 0 Å². The van der Waals surface area contributed by atoms with E-state index in [-0.39, 0.29) is 118 Å². The third-order valence-electron chi connectivity index (χ3n) is 8.65. The smallest absolute Gasteiger partial charge is 0.547 e. The third-order valence-corrected chi connectivity index (χ3v) is 8.65. The standard InChI is InChI=1S/C26H40N2O23.4Na/c1-43-11-7(31)9(33)25(50-15(11)19(35)36)47-14-8(32)10(34)26(51-18(14)22(41)42)46-13-6(30)4(28)24(49-17(13)21(39)40)45-12-5(29)3(27)23(44-2)48-16(12)20(37)38;;;;/h3-18,23-26,29-34H,27-28H2,1-2H3,(H,35,36)(H,37,38)(H,39,40)(H,41,42);;;;/q;4*+1/p-4/t3-,4?,5?,6-,7+,8?,9?,10?,11+,12-,13+,14+,15?,16?,17?,18-,23+,24-,25-,26-;;;;/m1..../s1. The minimum absolute atomic E-state index is 0. The number of aliphatic carboxylic acids is 4. The molecule has 10 N–H and O–H groups in total. The van der Waals surface area contributed by atoms with Crippen LogP contribution in [-0.2, 0) is 61.8 Å². The van der Waals surface area contributed by atoms with Crippen molar-refractivity contribution in [3.63, 3.8) is 0 Å². The summed E-state index contributed by atoms with van der Waals surface area (Å²) < 4.78 is 46.2. The van der Waals surface area contributed by atoms with Crippen LogP contribution in [0, 0.1) is 0 Å². The molecular formula is C26H36N2Na4O23. The van der Waals surface area contributed by atoms with Gasteiger partial charge >= 0.3 is 118 Å². The number of nitrogens with two attached hydrogens (primary N) is 2. The van der Waals surface area contributed by atoms with E-state index < -0.39 is 147 Å². The number of hydrogen-bond acceptors (Lipinski definition) is 25. The summed E-state index contributed by atoms with van der Waals surface area (Å²) in [5.74, 6) is -8.20. The van der Waals surface area contributed by atoms with E-state index in [2.05, 4.69) is 0 Å². The molecule has 25 nitrogen and oxygen atoms in total. The van der Waals surface area contributed by atoms with Gasteiger partial charge in [-0.05, 0) is 0 Å². The van der Waals surface area contributed by atoms with E-state index in [1.54, 1.807) is 0 Å². The molecule has 4 fully saturated rings. The van der Waals surface area contributed by atoms with Crippen LogP contribution in [0.25, 0.3) is 0 Å². The number of carbonyl (C=O) groups is 4. The number of carboxylic acids is 4. The third kappa shape index (κ3) is 12.2. The molecule has 0 bridgehead atoms. The van der Waals surface area contributed by atoms with Gasteiger partial charge in [-0.15, -0.1) is 0 Å². The number of aliphatic hydroxyl groups excluding tert-OH is 6. The van der Waals surface area contributed by atoms with Crippen molar-refractivity contribution in [3.8, 4) is 0 Å². The second kappa shape index (κ2) is 24.0. The van der Waals surface area contributed by atoms with Crippen molar-refractivity contribution in [2.45, 2.75) is 123 Å². The first-order valence-corrected chi connectivity index (χ1v) is 14.9. The molecule has 4 heterocycles. The first-order valence-electron chi connectivity index (χ1n) is 14.9. The van der Waals surface area contributed by atoms with Crippen molar-refractivity contribution in [3.05, 3.63) is 0 Å². The zero-order chi connectivity index (χ0) is 38.2. The van der Waals surface area contributed by atoms with Crippen LogP contribution < -0.4 is 150 Å². The molecule has 4 aliphatic rings. The van der Waals surface area contributed by atoms with Gasteiger partial charge in [-0.3, -0.25) is 0 Å². The predicted octanol–water partition coefficient (Wildman–Crippen LogP) is -25.5. The van der Waals surface area contributed by atoms with Crippen molar-refractivity contribution in [2.75, 3.05) is 14.2 Å². The van der Waals surface area contributed by atoms with Gasteiger partial charge in [0.05, 0.1) is 36.0 Å². The Morgan fingerprint density at radius 1 is 0.436 bits per heavy atom. The fraction of sp³-hybridized carbons (Fsp3) is 0.846. The summed E-state index contributed by atoms with van der Waals surface area (Å²) in [5, 5.41) is 111. The average molecular weight is 837 g/mol. The summed E-state index contributed by atoms with van der Waals surface area (Å²) in [5.41, 5.74) is 11.8. The first-order chi connectivity index (χ1) is 23.9. The molecular weight excluding hydrogens is 800 g/mol. The van der Waals surface area contributed by atoms with E-state index in [0.29, 0.717) is 0 Å². The molecule has 0 aromatic heterocycles. The monoisotopic (exact) mass is 836 g/mol. The van der Waals surface area contributed by atoms with Crippen LogP contribution in [0.5, 0.6) is 0 Å². The molecule has 4 rings (SSSR count). The molecule has 292 valence electrons. The molecule has 0 saturated carbocycles. The van der Waals surface area contributed by atoms with Gasteiger partial charge in [0.15, 0.2) is 25.2 Å². The minimum atomic E-state index is -2.48. The van der Waals surface area contributed by atoms with Gasteiger partial charge in [-0.1, -0.05) is 0 Å². The molecule has 8 unspecified atom stereocenters. The summed E-state index contributed by atoms with van der Waals surface area (Å²) in [6.07, 6.45) is -38.4. The van der Waals surface area contributed by atoms with Crippen LogP contribution in [0.15, 0.2) is 0 Å². The fourth-order valence-corrected chi connectivity index (χ4v) is 5.92. The number of ether oxygens (including phenoxy) is 9. The number of rotatable bonds is 12. The SMILES string of the molecule is CO[C@H]1OC(C(=O)[O-])[C@H](O[C@@H]2OC(C(=O)[O-])[C@@H](O[C@@H]3O[C@@H](C(=O)[O-])[C@@H](O[C@@H]4OC(C(=O)[O-])[C@@H](OC)[C@@H](O)C4O)C(O)C3O)[C@H](O)C2N)C(O)[C@H]1N.[Na+].[Na+].[Na+].[Na+]. The van der Waals surface area contributed by atoms with E-state index in [1.807, 2.05) is 0 Å². The van der Waals surface area contributed by atoms with E-state index in [0.717, 1.165) is 14.2 Å². The van der Waals surface area contributed by atoms with Gasteiger partial charge in [0.2, 0.25) is 0 Å². The molecule has 4 saturated heterocycles. The summed E-state index contributed by atoms with van der Waals surface area (Å²) in [4.78, 5) is 47.4. The Hall–Kier alpha value is 1.20. The zero-order valence-electron chi connectivity index (χ0n) is 30.3. The van der Waals surface area contributed by atoms with Crippen LogP contribution in [-0.4, -0.2) is 191 Å². The predicted molar refractivity (Wildman–Crippen MR) is 139 cm³/mol. The van der Waals surface area contributed by atoms with Crippen LogP contribution in [0.2, 0.25) is 0 Å². The number of hydrogen-bond donors (Lipinski definition) is 8. The van der Waals surface area contributed by atoms with Gasteiger partial charge in [0.25, 0.3) is 0 Å². The molecule has 0 amide bonds. The normalized spacial score (nSPS) is 44.3. The Balaban J connectivity index is 0.00000729. The first kappa shape index (κ1) is 56.2.